The third-order valence-corrected chi connectivity index (χ3v) is 4.83. The third kappa shape index (κ3) is 3.58. The molecule has 4 heterocycles. The maximum atomic E-state index is 12.8. The van der Waals surface area contributed by atoms with Crippen LogP contribution in [0.5, 0.6) is 5.88 Å². The molecule has 0 saturated carbocycles. The minimum atomic E-state index is -0.116. The molecule has 0 aliphatic carbocycles. The van der Waals surface area contributed by atoms with E-state index in [1.807, 2.05) is 43.8 Å². The molecule has 8 heteroatoms. The van der Waals surface area contributed by atoms with Crippen molar-refractivity contribution in [1.82, 2.24) is 29.6 Å². The van der Waals surface area contributed by atoms with Crippen LogP contribution in [-0.2, 0) is 26.6 Å². The largest absolute Gasteiger partial charge is 0.471 e. The zero-order valence-electron chi connectivity index (χ0n) is 16.2. The van der Waals surface area contributed by atoms with Crippen LogP contribution in [0, 0.1) is 13.8 Å². The van der Waals surface area contributed by atoms with Gasteiger partial charge >= 0.3 is 0 Å². The highest BCUT2D eigenvalue weighted by Gasteiger charge is 2.28. The molecule has 0 saturated heterocycles. The average Bonchev–Trinajstić information content (AvgIpc) is 3.02. The van der Waals surface area contributed by atoms with Crippen molar-refractivity contribution < 1.29 is 9.53 Å². The van der Waals surface area contributed by atoms with Crippen molar-refractivity contribution in [2.24, 2.45) is 7.05 Å². The highest BCUT2D eigenvalue weighted by Crippen LogP contribution is 2.24. The molecule has 0 fully saturated rings. The van der Waals surface area contributed by atoms with Crippen LogP contribution in [0.2, 0.25) is 0 Å². The van der Waals surface area contributed by atoms with Gasteiger partial charge in [0.25, 0.3) is 5.91 Å². The van der Waals surface area contributed by atoms with Crippen molar-refractivity contribution in [2.75, 3.05) is 6.54 Å². The topological polar surface area (TPSA) is 86.0 Å². The summed E-state index contributed by atoms with van der Waals surface area (Å²) in [5.41, 5.74) is 5.04. The number of rotatable bonds is 4. The Morgan fingerprint density at radius 1 is 1.18 bits per heavy atom. The van der Waals surface area contributed by atoms with Gasteiger partial charge < -0.3 is 9.64 Å². The summed E-state index contributed by atoms with van der Waals surface area (Å²) < 4.78 is 7.71. The van der Waals surface area contributed by atoms with Gasteiger partial charge in [-0.2, -0.15) is 5.10 Å². The number of ether oxygens (including phenoxy) is 1. The summed E-state index contributed by atoms with van der Waals surface area (Å²) in [4.78, 5) is 27.4. The molecule has 0 radical (unpaired) electrons. The van der Waals surface area contributed by atoms with Gasteiger partial charge in [0.05, 0.1) is 11.9 Å². The predicted octanol–water partition coefficient (Wildman–Crippen LogP) is 2.00. The second-order valence-corrected chi connectivity index (χ2v) is 6.92. The maximum absolute atomic E-state index is 12.8. The molecule has 8 nitrogen and oxygen atoms in total. The average molecular weight is 378 g/mol. The van der Waals surface area contributed by atoms with Crippen molar-refractivity contribution in [3.05, 3.63) is 64.6 Å². The lowest BCUT2D eigenvalue weighted by Crippen LogP contribution is -2.37. The Hall–Kier alpha value is -3.29. The summed E-state index contributed by atoms with van der Waals surface area (Å²) in [5, 5.41) is 4.61. The van der Waals surface area contributed by atoms with Crippen molar-refractivity contribution in [3.63, 3.8) is 0 Å². The van der Waals surface area contributed by atoms with Crippen LogP contribution in [0.25, 0.3) is 0 Å². The lowest BCUT2D eigenvalue weighted by atomic mass is 10.0. The molecule has 0 unspecified atom stereocenters. The van der Waals surface area contributed by atoms with E-state index in [9.17, 15) is 4.79 Å². The summed E-state index contributed by atoms with van der Waals surface area (Å²) in [6.45, 7) is 5.19. The number of hydrogen-bond donors (Lipinski definition) is 0. The van der Waals surface area contributed by atoms with Gasteiger partial charge in [0, 0.05) is 55.8 Å². The molecule has 1 aliphatic heterocycles. The van der Waals surface area contributed by atoms with Crippen LogP contribution in [0.15, 0.2) is 30.6 Å². The summed E-state index contributed by atoms with van der Waals surface area (Å²) in [6, 6.07) is 5.66. The van der Waals surface area contributed by atoms with Gasteiger partial charge in [0.1, 0.15) is 18.0 Å². The van der Waals surface area contributed by atoms with Crippen molar-refractivity contribution in [1.29, 1.82) is 0 Å². The second kappa shape index (κ2) is 7.38. The molecule has 1 amide bonds. The number of fused-ring (bicyclic) bond motifs is 1. The van der Waals surface area contributed by atoms with Crippen molar-refractivity contribution >= 4 is 5.91 Å². The molecule has 0 aromatic carbocycles. The lowest BCUT2D eigenvalue weighted by Gasteiger charge is -2.27. The van der Waals surface area contributed by atoms with Gasteiger partial charge in [0.2, 0.25) is 5.88 Å². The molecular formula is C20H22N6O2. The van der Waals surface area contributed by atoms with E-state index in [2.05, 4.69) is 20.1 Å². The zero-order chi connectivity index (χ0) is 19.7. The van der Waals surface area contributed by atoms with Gasteiger partial charge in [0.15, 0.2) is 0 Å². The third-order valence-electron chi connectivity index (χ3n) is 4.83. The molecule has 0 N–H and O–H groups in total. The summed E-state index contributed by atoms with van der Waals surface area (Å²) in [7, 11) is 1.93. The van der Waals surface area contributed by atoms with Crippen LogP contribution in [0.3, 0.4) is 0 Å². The molecule has 28 heavy (non-hydrogen) atoms. The number of pyridine rings is 1. The number of carbonyl (C=O) groups is 1. The van der Waals surface area contributed by atoms with E-state index in [4.69, 9.17) is 4.74 Å². The van der Waals surface area contributed by atoms with Crippen LogP contribution in [0.1, 0.15) is 38.8 Å². The summed E-state index contributed by atoms with van der Waals surface area (Å²) >= 11 is 0. The normalized spacial score (nSPS) is 13.3. The van der Waals surface area contributed by atoms with Crippen LogP contribution in [0.4, 0.5) is 0 Å². The summed E-state index contributed by atoms with van der Waals surface area (Å²) in [6.07, 6.45) is 3.89. The van der Waals surface area contributed by atoms with Crippen molar-refractivity contribution in [2.45, 2.75) is 33.4 Å². The highest BCUT2D eigenvalue weighted by molar-refractivity contribution is 5.92. The molecule has 3 aromatic rings. The van der Waals surface area contributed by atoms with Gasteiger partial charge in [-0.1, -0.05) is 6.07 Å². The molecule has 144 valence electrons. The fourth-order valence-corrected chi connectivity index (χ4v) is 3.36. The number of aromatic nitrogens is 5. The Labute approximate surface area is 163 Å². The first-order chi connectivity index (χ1) is 13.5. The second-order valence-electron chi connectivity index (χ2n) is 6.92. The Bertz CT molecular complexity index is 1010. The number of hydrogen-bond acceptors (Lipinski definition) is 6. The van der Waals surface area contributed by atoms with Gasteiger partial charge in [-0.05, 0) is 19.9 Å². The molecule has 4 rings (SSSR count). The number of nitrogens with zero attached hydrogens (tertiary/aromatic N) is 6. The fourth-order valence-electron chi connectivity index (χ4n) is 3.36. The maximum Gasteiger partial charge on any atom is 0.274 e. The monoisotopic (exact) mass is 378 g/mol. The predicted molar refractivity (Wildman–Crippen MR) is 102 cm³/mol. The summed E-state index contributed by atoms with van der Waals surface area (Å²) in [5.74, 6) is 0.451. The molecule has 0 atom stereocenters. The van der Waals surface area contributed by atoms with E-state index in [0.717, 1.165) is 34.8 Å². The minimum Gasteiger partial charge on any atom is -0.471 e. The Morgan fingerprint density at radius 2 is 2.04 bits per heavy atom. The van der Waals surface area contributed by atoms with Crippen LogP contribution >= 0.6 is 0 Å². The minimum absolute atomic E-state index is 0.116. The van der Waals surface area contributed by atoms with Gasteiger partial charge in [-0.25, -0.2) is 9.97 Å². The van der Waals surface area contributed by atoms with Crippen LogP contribution < -0.4 is 4.74 Å². The van der Waals surface area contributed by atoms with Gasteiger partial charge in [-0.3, -0.25) is 14.5 Å². The van der Waals surface area contributed by atoms with Crippen molar-refractivity contribution in [3.8, 4) is 5.88 Å². The molecule has 0 spiro atoms. The van der Waals surface area contributed by atoms with E-state index in [-0.39, 0.29) is 5.91 Å². The van der Waals surface area contributed by atoms with E-state index in [1.54, 1.807) is 11.1 Å². The van der Waals surface area contributed by atoms with Crippen LogP contribution in [-0.4, -0.2) is 42.1 Å². The molecular weight excluding hydrogens is 356 g/mol. The lowest BCUT2D eigenvalue weighted by molar-refractivity contribution is 0.0726. The molecule has 1 aliphatic rings. The Morgan fingerprint density at radius 3 is 2.79 bits per heavy atom. The zero-order valence-corrected chi connectivity index (χ0v) is 16.2. The Balaban J connectivity index is 1.52. The number of carbonyl (C=O) groups excluding carboxylic acids is 1. The first-order valence-electron chi connectivity index (χ1n) is 9.19. The molecule has 3 aromatic heterocycles. The number of aryl methyl sites for hydroxylation is 3. The van der Waals surface area contributed by atoms with E-state index in [0.29, 0.717) is 31.3 Å². The quantitative estimate of drug-likeness (QED) is 0.690. The molecule has 0 bridgehead atoms. The SMILES string of the molecule is Cc1cnc(C(=O)N2CCc3c(c(COc4cccc(C)n4)nn3C)C2)cn1. The Kier molecular flexibility index (Phi) is 4.77. The van der Waals surface area contributed by atoms with E-state index in [1.165, 1.54) is 6.20 Å². The highest BCUT2D eigenvalue weighted by atomic mass is 16.5. The smallest absolute Gasteiger partial charge is 0.274 e. The number of amides is 1. The van der Waals surface area contributed by atoms with E-state index >= 15 is 0 Å². The van der Waals surface area contributed by atoms with Gasteiger partial charge in [-0.15, -0.1) is 0 Å². The van der Waals surface area contributed by atoms with E-state index < -0.39 is 0 Å². The first-order valence-corrected chi connectivity index (χ1v) is 9.19. The first kappa shape index (κ1) is 18.1. The fraction of sp³-hybridized carbons (Fsp3) is 0.350. The standard InChI is InChI=1S/C20H22N6O2/c1-13-5-4-6-19(23-13)28-12-17-15-11-26(8-7-18(15)25(3)24-17)20(27)16-10-21-14(2)9-22-16/h4-6,9-10H,7-8,11-12H2,1-3H3.